The summed E-state index contributed by atoms with van der Waals surface area (Å²) >= 11 is 0.493. The van der Waals surface area contributed by atoms with Crippen LogP contribution in [0.3, 0.4) is 0 Å². The lowest BCUT2D eigenvalue weighted by Crippen LogP contribution is -2.54. The zero-order chi connectivity index (χ0) is 74.2. The largest absolute Gasteiger partial charge is 0.495 e. The number of hydrogen-bond acceptors (Lipinski definition) is 26. The molecule has 46 heteroatoms. The minimum atomic E-state index is -6.23. The molecule has 0 aromatic heterocycles. The number of ether oxygens (including phenoxy) is 8. The second kappa shape index (κ2) is 31.1. The fourth-order valence-electron chi connectivity index (χ4n) is 8.65. The molecule has 0 saturated carbocycles. The molecule has 8 N–H and O–H groups in total. The van der Waals surface area contributed by atoms with Crippen LogP contribution in [0, 0.1) is 0 Å². The van der Waals surface area contributed by atoms with E-state index in [1.165, 1.54) is 97.3 Å². The van der Waals surface area contributed by atoms with Crippen molar-refractivity contribution in [1.82, 2.24) is 0 Å². The van der Waals surface area contributed by atoms with Gasteiger partial charge in [-0.2, -0.15) is 85.3 Å². The highest BCUT2D eigenvalue weighted by Crippen LogP contribution is 2.57. The topological polar surface area (TPSA) is 493 Å². The van der Waals surface area contributed by atoms with Crippen molar-refractivity contribution in [2.24, 2.45) is 0 Å². The maximum Gasteiger partial charge on any atom is 0.411 e. The standard InChI is InChI=1S/C17H14F6O8S2.C14H14O8S2.C12H12O8S2.C8H10O8S2/c1-30-11-5-3-9(7-13(11)32(24,25)26)15(16(18,19)20,17(21,22)23)10-4-6-12(31-2)14(8-10)33(27,28)29;1-21-11-5-3-9(7-13(11)23(15,16)17)10-4-6-12(22-2)14(8-10)24(18,19)20;1-19-9-5-3-8-7(11(9)21(13,14)15)4-6-10(20-2)12(8)22(16,17)18;1-13-5-3-6(14-2)8(18(10,11)12)4-7(5)17-16-15-9/h3-8H,1-2H3,(H,24,25,26)(H,27,28,29);3-8H,1-2H3,(H,15,16,17)(H,18,19,20);3-6H,1-2H3,(H,13,14,15)(H,16,17,18);3-4,9H,1-2H3,(H,10,11,12). The molecular weight excluding hydrogens is 1500 g/mol. The van der Waals surface area contributed by atoms with Crippen LogP contribution in [0.1, 0.15) is 11.1 Å². The van der Waals surface area contributed by atoms with Crippen molar-refractivity contribution in [1.29, 1.82) is 0 Å². The normalized spacial score (nSPS) is 12.5. The molecule has 32 nitrogen and oxygen atoms in total. The Morgan fingerprint density at radius 3 is 0.845 bits per heavy atom. The van der Waals surface area contributed by atoms with Crippen LogP contribution in [0.2, 0.25) is 0 Å². The summed E-state index contributed by atoms with van der Waals surface area (Å²) in [7, 11) is -24.5. The molecule has 0 spiro atoms. The van der Waals surface area contributed by atoms with Crippen LogP contribution < -0.4 is 37.9 Å². The number of fused-ring (bicyclic) bond motifs is 1. The van der Waals surface area contributed by atoms with E-state index in [0.29, 0.717) is 24.2 Å². The fourth-order valence-corrected chi connectivity index (χ4v) is 14.3. The molecule has 0 unspecified atom stereocenters. The zero-order valence-corrected chi connectivity index (χ0v) is 56.3. The second-order valence-corrected chi connectivity index (χ2v) is 28.6. The molecule has 0 fully saturated rings. The van der Waals surface area contributed by atoms with Crippen LogP contribution in [0.4, 0.5) is 26.3 Å². The molecule has 7 aromatic rings. The van der Waals surface area contributed by atoms with E-state index in [1.54, 1.807) is 0 Å². The van der Waals surface area contributed by atoms with Crippen LogP contribution in [-0.4, -0.2) is 165 Å². The summed E-state index contributed by atoms with van der Waals surface area (Å²) < 4.78 is 354. The van der Waals surface area contributed by atoms with Crippen LogP contribution in [0.5, 0.6) is 46.0 Å². The van der Waals surface area contributed by atoms with Crippen LogP contribution >= 0.6 is 12.0 Å². The average molecular weight is 1550 g/mol. The van der Waals surface area contributed by atoms with Gasteiger partial charge in [-0.3, -0.25) is 31.9 Å². The van der Waals surface area contributed by atoms with Crippen molar-refractivity contribution in [2.45, 2.75) is 56.9 Å². The van der Waals surface area contributed by atoms with E-state index in [2.05, 4.69) is 18.8 Å². The highest BCUT2D eigenvalue weighted by molar-refractivity contribution is 7.94. The summed E-state index contributed by atoms with van der Waals surface area (Å²) in [4.78, 5) is -5.24. The third kappa shape index (κ3) is 19.0. The van der Waals surface area contributed by atoms with Crippen LogP contribution in [0.25, 0.3) is 21.9 Å². The highest BCUT2D eigenvalue weighted by Gasteiger charge is 2.73. The Labute approximate surface area is 551 Å². The van der Waals surface area contributed by atoms with E-state index in [4.69, 9.17) is 38.2 Å². The zero-order valence-electron chi connectivity index (χ0n) is 49.8. The first kappa shape index (κ1) is 81.8. The molecule has 0 radical (unpaired) electrons. The maximum atomic E-state index is 14.3. The van der Waals surface area contributed by atoms with Gasteiger partial charge in [0.2, 0.25) is 5.41 Å². The first-order valence-electron chi connectivity index (χ1n) is 24.7. The Hall–Kier alpha value is -7.62. The number of hydrogen-bond donors (Lipinski definition) is 8. The molecule has 0 bridgehead atoms. The summed E-state index contributed by atoms with van der Waals surface area (Å²) in [6.07, 6.45) is -12.5. The van der Waals surface area contributed by atoms with Gasteiger partial charge in [0.1, 0.15) is 80.3 Å². The fraction of sp³-hybridized carbons (Fsp3) is 0.216. The highest BCUT2D eigenvalue weighted by atomic mass is 32.2. The minimum Gasteiger partial charge on any atom is -0.495 e. The van der Waals surface area contributed by atoms with Crippen LogP contribution in [-0.2, 0) is 85.6 Å². The third-order valence-corrected chi connectivity index (χ3v) is 19.6. The first-order valence-corrected chi connectivity index (χ1v) is 35.5. The lowest BCUT2D eigenvalue weighted by molar-refractivity contribution is -0.432. The number of methoxy groups -OCH3 is 8. The molecule has 0 aliphatic rings. The maximum absolute atomic E-state index is 14.3. The summed E-state index contributed by atoms with van der Waals surface area (Å²) in [5.74, 6) is -1.86. The number of benzene rings is 7. The Morgan fingerprint density at radius 1 is 0.320 bits per heavy atom. The first-order chi connectivity index (χ1) is 44.4. The summed E-state index contributed by atoms with van der Waals surface area (Å²) in [5, 5.41) is 11.2. The van der Waals surface area contributed by atoms with Gasteiger partial charge in [-0.1, -0.05) is 29.3 Å². The third-order valence-electron chi connectivity index (χ3n) is 12.7. The van der Waals surface area contributed by atoms with Crippen LogP contribution in [0.15, 0.2) is 148 Å². The molecular formula is C51H50F6O32S8. The van der Waals surface area contributed by atoms with Crippen molar-refractivity contribution in [3.8, 4) is 57.1 Å². The van der Waals surface area contributed by atoms with E-state index in [0.717, 1.165) is 32.4 Å². The molecule has 0 saturated heterocycles. The Kier molecular flexibility index (Phi) is 26.2. The monoisotopic (exact) mass is 1540 g/mol. The summed E-state index contributed by atoms with van der Waals surface area (Å²) in [6.45, 7) is 0. The van der Waals surface area contributed by atoms with Crippen molar-refractivity contribution >= 4 is 93.6 Å². The lowest BCUT2D eigenvalue weighted by Gasteiger charge is -2.38. The van der Waals surface area contributed by atoms with Gasteiger partial charge in [-0.15, -0.1) is 4.33 Å². The quantitative estimate of drug-likeness (QED) is 0.0110. The van der Waals surface area contributed by atoms with E-state index < -0.39 is 145 Å². The van der Waals surface area contributed by atoms with Gasteiger partial charge in [-0.05, 0) is 101 Å². The van der Waals surface area contributed by atoms with E-state index in [1.807, 2.05) is 0 Å². The van der Waals surface area contributed by atoms with Gasteiger partial charge in [0.05, 0.1) is 73.8 Å². The lowest BCUT2D eigenvalue weighted by atomic mass is 9.73. The predicted molar refractivity (Wildman–Crippen MR) is 320 cm³/mol. The summed E-state index contributed by atoms with van der Waals surface area (Å²) in [6, 6.07) is 16.2. The molecule has 0 amide bonds. The van der Waals surface area contributed by atoms with Gasteiger partial charge < -0.3 is 37.9 Å². The molecule has 97 heavy (non-hydrogen) atoms. The SMILES string of the molecule is COc1cc(OC)c(S(=O)(=O)O)cc1SOOO.COc1ccc(-c2ccc(OC)c(S(=O)(=O)O)c2)cc1S(=O)(=O)O.COc1ccc(C(c2ccc(OC)c(S(=O)(=O)O)c2)(C(F)(F)F)C(F)(F)F)cc1S(=O)(=O)O.COc1ccc2c(S(=O)(=O)O)c(OC)ccc2c1S(=O)(=O)O. The second-order valence-electron chi connectivity index (χ2n) is 18.2. The molecule has 7 rings (SSSR count). The minimum absolute atomic E-state index is 0.0650. The number of alkyl halides is 6. The van der Waals surface area contributed by atoms with Gasteiger partial charge in [0.15, 0.2) is 0 Å². The van der Waals surface area contributed by atoms with Crippen molar-refractivity contribution in [2.75, 3.05) is 56.9 Å². The van der Waals surface area contributed by atoms with Gasteiger partial charge in [0, 0.05) is 16.8 Å². The molecule has 0 aliphatic heterocycles. The van der Waals surface area contributed by atoms with Gasteiger partial charge >= 0.3 is 12.4 Å². The van der Waals surface area contributed by atoms with Crippen molar-refractivity contribution in [3.05, 3.63) is 120 Å². The van der Waals surface area contributed by atoms with Gasteiger partial charge in [-0.25, -0.2) is 5.26 Å². The van der Waals surface area contributed by atoms with Gasteiger partial charge in [0.25, 0.3) is 70.8 Å². The Bertz CT molecular complexity index is 4660. The predicted octanol–water partition coefficient (Wildman–Crippen LogP) is 8.20. The number of halogens is 6. The molecule has 0 heterocycles. The molecule has 536 valence electrons. The smallest absolute Gasteiger partial charge is 0.411 e. The van der Waals surface area contributed by atoms with E-state index in [-0.39, 0.29) is 85.6 Å². The molecule has 7 aromatic carbocycles. The van der Waals surface area contributed by atoms with E-state index in [9.17, 15) is 113 Å². The Morgan fingerprint density at radius 2 is 0.588 bits per heavy atom. The Balaban J connectivity index is 0.000000282. The van der Waals surface area contributed by atoms with E-state index >= 15 is 0 Å². The van der Waals surface area contributed by atoms with Crippen molar-refractivity contribution < 1.29 is 170 Å². The average Bonchev–Trinajstić information content (AvgIpc) is 0.712. The molecule has 0 atom stereocenters. The summed E-state index contributed by atoms with van der Waals surface area (Å²) in [5.41, 5.74) is -7.89. The van der Waals surface area contributed by atoms with Crippen molar-refractivity contribution in [3.63, 3.8) is 0 Å². The number of rotatable bonds is 21. The molecule has 0 aliphatic carbocycles.